The minimum Gasteiger partial charge on any atom is -0.490 e. The molecule has 0 atom stereocenters. The fourth-order valence-electron chi connectivity index (χ4n) is 2.84. The first-order valence-corrected chi connectivity index (χ1v) is 9.31. The Bertz CT molecular complexity index is 796. The molecule has 0 saturated heterocycles. The molecule has 1 N–H and O–H groups in total. The third-order valence-corrected chi connectivity index (χ3v) is 4.57. The first-order valence-electron chi connectivity index (χ1n) is 8.93. The zero-order valence-corrected chi connectivity index (χ0v) is 16.4. The Morgan fingerprint density at radius 1 is 1.37 bits per heavy atom. The number of aliphatic imine (C=N–C) groups is 1. The van der Waals surface area contributed by atoms with E-state index >= 15 is 0 Å². The Morgan fingerprint density at radius 3 is 2.63 bits per heavy atom. The van der Waals surface area contributed by atoms with Gasteiger partial charge in [0.05, 0.1) is 16.7 Å². The van der Waals surface area contributed by atoms with Crippen molar-refractivity contribution in [2.75, 3.05) is 0 Å². The Morgan fingerprint density at radius 2 is 2.07 bits per heavy atom. The number of halogens is 1. The van der Waals surface area contributed by atoms with Crippen molar-refractivity contribution < 1.29 is 9.53 Å². The maximum Gasteiger partial charge on any atom is 0.270 e. The van der Waals surface area contributed by atoms with E-state index in [1.807, 2.05) is 19.9 Å². The van der Waals surface area contributed by atoms with E-state index in [0.717, 1.165) is 31.3 Å². The van der Waals surface area contributed by atoms with Crippen molar-refractivity contribution in [2.24, 2.45) is 4.99 Å². The minimum absolute atomic E-state index is 0.0698. The number of nitrogens with zero attached hydrogens (tertiary/aromatic N) is 2. The molecule has 1 aromatic carbocycles. The summed E-state index contributed by atoms with van der Waals surface area (Å²) in [6.45, 7) is 7.50. The van der Waals surface area contributed by atoms with Crippen LogP contribution >= 0.6 is 11.6 Å². The predicted molar refractivity (Wildman–Crippen MR) is 108 cm³/mol. The summed E-state index contributed by atoms with van der Waals surface area (Å²) in [5.41, 5.74) is 1.77. The Balaban J connectivity index is 1.86. The Hall–Kier alpha value is -2.58. The van der Waals surface area contributed by atoms with Crippen molar-refractivity contribution in [3.63, 3.8) is 0 Å². The summed E-state index contributed by atoms with van der Waals surface area (Å²) in [6, 6.07) is 7.21. The minimum atomic E-state index is -0.203. The van der Waals surface area contributed by atoms with Gasteiger partial charge in [0.1, 0.15) is 17.5 Å². The highest BCUT2D eigenvalue weighted by molar-refractivity contribution is 6.43. The Labute approximate surface area is 165 Å². The maximum absolute atomic E-state index is 12.3. The summed E-state index contributed by atoms with van der Waals surface area (Å²) in [5, 5.41) is 12.3. The second-order valence-corrected chi connectivity index (χ2v) is 7.15. The largest absolute Gasteiger partial charge is 0.490 e. The number of hydrogen-bond acceptors (Lipinski definition) is 4. The molecule has 0 unspecified atom stereocenters. The van der Waals surface area contributed by atoms with E-state index in [2.05, 4.69) is 16.9 Å². The monoisotopic (exact) mass is 385 g/mol. The lowest BCUT2D eigenvalue weighted by Gasteiger charge is -2.29. The summed E-state index contributed by atoms with van der Waals surface area (Å²) in [4.78, 5) is 16.5. The number of amides is 1. The van der Waals surface area contributed by atoms with Crippen LogP contribution in [0.1, 0.15) is 45.1 Å². The zero-order valence-electron chi connectivity index (χ0n) is 15.7. The van der Waals surface area contributed by atoms with Gasteiger partial charge in [-0.2, -0.15) is 5.26 Å². The Kier molecular flexibility index (Phi) is 7.63. The van der Waals surface area contributed by atoms with Crippen LogP contribution in [0.15, 0.2) is 47.6 Å². The summed E-state index contributed by atoms with van der Waals surface area (Å²) < 4.78 is 5.97. The number of carbonyl (C=O) groups excluding carboxylic acids is 1. The number of rotatable bonds is 6. The standard InChI is InChI=1S/C21H24ClN3O2/c1-4-20(24-13-14(2)3)21(26)25-16-6-9-17(10-7-16)27-18-8-5-15(12-23)19(22)11-18/h4-5,8,11,13,16-17H,1,6-7,9-10H2,2-3H3,(H,25,26). The van der Waals surface area contributed by atoms with Gasteiger partial charge in [-0.3, -0.25) is 9.79 Å². The van der Waals surface area contributed by atoms with Gasteiger partial charge in [0.25, 0.3) is 5.91 Å². The van der Waals surface area contributed by atoms with Gasteiger partial charge in [-0.15, -0.1) is 0 Å². The van der Waals surface area contributed by atoms with Crippen molar-refractivity contribution in [1.82, 2.24) is 5.32 Å². The van der Waals surface area contributed by atoms with Gasteiger partial charge in [0.15, 0.2) is 0 Å². The van der Waals surface area contributed by atoms with E-state index in [9.17, 15) is 4.79 Å². The van der Waals surface area contributed by atoms with Crippen molar-refractivity contribution in [3.8, 4) is 11.8 Å². The van der Waals surface area contributed by atoms with Crippen LogP contribution in [-0.2, 0) is 4.79 Å². The fourth-order valence-corrected chi connectivity index (χ4v) is 3.05. The number of carbonyl (C=O) groups is 1. The molecule has 1 fully saturated rings. The van der Waals surface area contributed by atoms with E-state index in [0.29, 0.717) is 22.0 Å². The molecule has 1 aromatic rings. The highest BCUT2D eigenvalue weighted by Crippen LogP contribution is 2.27. The summed E-state index contributed by atoms with van der Waals surface area (Å²) in [7, 11) is 0. The normalized spacial score (nSPS) is 19.6. The summed E-state index contributed by atoms with van der Waals surface area (Å²) in [5.74, 6) is 0.458. The lowest BCUT2D eigenvalue weighted by atomic mass is 9.92. The summed E-state index contributed by atoms with van der Waals surface area (Å²) >= 11 is 6.04. The molecule has 0 radical (unpaired) electrons. The topological polar surface area (TPSA) is 74.5 Å². The molecule has 0 spiro atoms. The molecule has 6 heteroatoms. The lowest BCUT2D eigenvalue weighted by Crippen LogP contribution is -2.42. The molecule has 1 amide bonds. The molecule has 0 heterocycles. The number of nitriles is 1. The number of allylic oxidation sites excluding steroid dienone is 1. The molecule has 5 nitrogen and oxygen atoms in total. The third-order valence-electron chi connectivity index (χ3n) is 4.26. The molecule has 2 rings (SSSR count). The third kappa shape index (κ3) is 6.26. The first kappa shape index (κ1) is 20.7. The molecule has 0 aliphatic heterocycles. The number of hydrogen-bond donors (Lipinski definition) is 1. The van der Waals surface area contributed by atoms with Crippen LogP contribution in [0, 0.1) is 11.3 Å². The SMILES string of the molecule is C=CC(=NC=C(C)C)C(=O)NC1CCC(Oc2ccc(C#N)c(Cl)c2)CC1. The van der Waals surface area contributed by atoms with Gasteiger partial charge < -0.3 is 10.1 Å². The van der Waals surface area contributed by atoms with Crippen LogP contribution in [0.25, 0.3) is 0 Å². The second kappa shape index (κ2) is 9.94. The molecule has 1 aliphatic carbocycles. The second-order valence-electron chi connectivity index (χ2n) is 6.74. The molecular formula is C21H24ClN3O2. The zero-order chi connectivity index (χ0) is 19.8. The molecule has 0 bridgehead atoms. The quantitative estimate of drug-likeness (QED) is 0.729. The number of benzene rings is 1. The number of ether oxygens (including phenoxy) is 1. The number of nitrogens with one attached hydrogen (secondary N) is 1. The van der Waals surface area contributed by atoms with Gasteiger partial charge in [-0.05, 0) is 57.7 Å². The fraction of sp³-hybridized carbons (Fsp3) is 0.381. The average molecular weight is 386 g/mol. The van der Waals surface area contributed by atoms with Crippen LogP contribution in [0.5, 0.6) is 5.75 Å². The van der Waals surface area contributed by atoms with Crippen molar-refractivity contribution in [1.29, 1.82) is 5.26 Å². The first-order chi connectivity index (χ1) is 12.9. The van der Waals surface area contributed by atoms with Crippen LogP contribution in [0.2, 0.25) is 5.02 Å². The van der Waals surface area contributed by atoms with Crippen LogP contribution in [0.4, 0.5) is 0 Å². The van der Waals surface area contributed by atoms with Gasteiger partial charge in [0.2, 0.25) is 0 Å². The maximum atomic E-state index is 12.3. The van der Waals surface area contributed by atoms with Crippen LogP contribution in [-0.4, -0.2) is 23.8 Å². The van der Waals surface area contributed by atoms with Crippen LogP contribution in [0.3, 0.4) is 0 Å². The van der Waals surface area contributed by atoms with Gasteiger partial charge >= 0.3 is 0 Å². The highest BCUT2D eigenvalue weighted by Gasteiger charge is 2.24. The molecular weight excluding hydrogens is 362 g/mol. The highest BCUT2D eigenvalue weighted by atomic mass is 35.5. The van der Waals surface area contributed by atoms with Crippen molar-refractivity contribution >= 4 is 23.2 Å². The average Bonchev–Trinajstić information content (AvgIpc) is 2.64. The smallest absolute Gasteiger partial charge is 0.270 e. The molecule has 142 valence electrons. The van der Waals surface area contributed by atoms with Gasteiger partial charge in [-0.1, -0.05) is 23.8 Å². The van der Waals surface area contributed by atoms with Gasteiger partial charge in [0, 0.05) is 18.3 Å². The van der Waals surface area contributed by atoms with Gasteiger partial charge in [-0.25, -0.2) is 0 Å². The van der Waals surface area contributed by atoms with E-state index in [-0.39, 0.29) is 18.1 Å². The van der Waals surface area contributed by atoms with E-state index in [1.54, 1.807) is 24.4 Å². The molecule has 27 heavy (non-hydrogen) atoms. The van der Waals surface area contributed by atoms with Crippen molar-refractivity contribution in [2.45, 2.75) is 51.7 Å². The van der Waals surface area contributed by atoms with Crippen molar-refractivity contribution in [3.05, 3.63) is 53.2 Å². The van der Waals surface area contributed by atoms with E-state index in [4.69, 9.17) is 21.6 Å². The molecule has 1 aliphatic rings. The molecule has 1 saturated carbocycles. The lowest BCUT2D eigenvalue weighted by molar-refractivity contribution is -0.115. The van der Waals surface area contributed by atoms with E-state index in [1.165, 1.54) is 6.08 Å². The summed E-state index contributed by atoms with van der Waals surface area (Å²) in [6.07, 6.45) is 6.51. The van der Waals surface area contributed by atoms with E-state index < -0.39 is 0 Å². The predicted octanol–water partition coefficient (Wildman–Crippen LogP) is 4.57. The van der Waals surface area contributed by atoms with Crippen LogP contribution < -0.4 is 10.1 Å². The molecule has 0 aromatic heterocycles.